The van der Waals surface area contributed by atoms with Crippen LogP contribution in [0.1, 0.15) is 112 Å². The van der Waals surface area contributed by atoms with Crippen molar-refractivity contribution >= 4 is 5.78 Å². The Kier molecular flexibility index (Phi) is 9.47. The first-order valence-electron chi connectivity index (χ1n) is 10.4. The maximum Gasteiger partial charge on any atom is 0.135 e. The lowest BCUT2D eigenvalue weighted by molar-refractivity contribution is -0.124. The van der Waals surface area contributed by atoms with Gasteiger partial charge in [-0.1, -0.05) is 73.1 Å². The van der Waals surface area contributed by atoms with E-state index in [2.05, 4.69) is 34.6 Å². The molecular formula is C22H42O. The first kappa shape index (κ1) is 20.7. The van der Waals surface area contributed by atoms with Gasteiger partial charge in [0.15, 0.2) is 0 Å². The third-order valence-electron chi connectivity index (χ3n) is 6.24. The van der Waals surface area contributed by atoms with E-state index in [4.69, 9.17) is 0 Å². The second kappa shape index (κ2) is 10.5. The highest BCUT2D eigenvalue weighted by molar-refractivity contribution is 5.80. The minimum absolute atomic E-state index is 0.302. The predicted molar refractivity (Wildman–Crippen MR) is 102 cm³/mol. The van der Waals surface area contributed by atoms with Crippen LogP contribution in [0.5, 0.6) is 0 Å². The van der Waals surface area contributed by atoms with Crippen molar-refractivity contribution in [2.45, 2.75) is 112 Å². The maximum atomic E-state index is 12.5. The van der Waals surface area contributed by atoms with Crippen LogP contribution in [0.3, 0.4) is 0 Å². The summed E-state index contributed by atoms with van der Waals surface area (Å²) >= 11 is 0. The summed E-state index contributed by atoms with van der Waals surface area (Å²) in [7, 11) is 0. The maximum absolute atomic E-state index is 12.5. The molecule has 0 amide bonds. The number of hydrogen-bond acceptors (Lipinski definition) is 1. The molecule has 0 aliphatic heterocycles. The molecule has 1 nitrogen and oxygen atoms in total. The topological polar surface area (TPSA) is 17.1 Å². The van der Waals surface area contributed by atoms with Gasteiger partial charge in [-0.2, -0.15) is 0 Å². The van der Waals surface area contributed by atoms with E-state index in [-0.39, 0.29) is 0 Å². The van der Waals surface area contributed by atoms with Crippen molar-refractivity contribution in [3.63, 3.8) is 0 Å². The number of unbranched alkanes of at least 4 members (excludes halogenated alkanes) is 6. The fourth-order valence-electron chi connectivity index (χ4n) is 4.23. The second-order valence-electron chi connectivity index (χ2n) is 9.10. The van der Waals surface area contributed by atoms with E-state index < -0.39 is 0 Å². The van der Waals surface area contributed by atoms with Gasteiger partial charge in [-0.05, 0) is 49.4 Å². The number of ketones is 1. The molecule has 1 heteroatoms. The highest BCUT2D eigenvalue weighted by Crippen LogP contribution is 2.42. The zero-order chi connectivity index (χ0) is 17.3. The minimum atomic E-state index is 0.302. The molecule has 1 rings (SSSR count). The van der Waals surface area contributed by atoms with Gasteiger partial charge in [0, 0.05) is 12.3 Å². The van der Waals surface area contributed by atoms with Crippen molar-refractivity contribution in [1.29, 1.82) is 0 Å². The molecule has 1 unspecified atom stereocenters. The van der Waals surface area contributed by atoms with Crippen molar-refractivity contribution in [2.75, 3.05) is 0 Å². The van der Waals surface area contributed by atoms with E-state index in [9.17, 15) is 4.79 Å². The smallest absolute Gasteiger partial charge is 0.135 e. The van der Waals surface area contributed by atoms with E-state index in [0.29, 0.717) is 23.0 Å². The fourth-order valence-corrected chi connectivity index (χ4v) is 4.23. The molecule has 0 aromatic heterocycles. The second-order valence-corrected chi connectivity index (χ2v) is 9.10. The normalized spacial score (nSPS) is 23.7. The van der Waals surface area contributed by atoms with Crippen LogP contribution in [0.25, 0.3) is 0 Å². The molecule has 0 spiro atoms. The standard InChI is InChI=1S/C22H42O/c1-6-7-8-9-10-11-12-13-21(23)18(2)19-14-16-20(17-15-19)22(3,4)5/h18-20H,6-17H2,1-5H3. The molecule has 1 aliphatic carbocycles. The number of Topliss-reactive ketones (excluding diaryl/α,β-unsaturated/α-hetero) is 1. The average Bonchev–Trinajstić information content (AvgIpc) is 2.52. The fraction of sp³-hybridized carbons (Fsp3) is 0.955. The van der Waals surface area contributed by atoms with Crippen molar-refractivity contribution < 1.29 is 4.79 Å². The van der Waals surface area contributed by atoms with Crippen LogP contribution in [0.4, 0.5) is 0 Å². The molecule has 0 aromatic carbocycles. The molecule has 23 heavy (non-hydrogen) atoms. The van der Waals surface area contributed by atoms with Gasteiger partial charge in [0.05, 0.1) is 0 Å². The molecule has 1 saturated carbocycles. The Balaban J connectivity index is 2.17. The van der Waals surface area contributed by atoms with Crippen molar-refractivity contribution in [3.05, 3.63) is 0 Å². The molecular weight excluding hydrogens is 280 g/mol. The summed E-state index contributed by atoms with van der Waals surface area (Å²) in [6, 6.07) is 0. The average molecular weight is 323 g/mol. The molecule has 1 aliphatic rings. The lowest BCUT2D eigenvalue weighted by atomic mass is 9.67. The summed E-state index contributed by atoms with van der Waals surface area (Å²) in [4.78, 5) is 12.5. The van der Waals surface area contributed by atoms with E-state index in [1.807, 2.05) is 0 Å². The van der Waals surface area contributed by atoms with Crippen LogP contribution in [-0.4, -0.2) is 5.78 Å². The van der Waals surface area contributed by atoms with Crippen LogP contribution in [-0.2, 0) is 4.79 Å². The Bertz CT molecular complexity index is 317. The zero-order valence-corrected chi connectivity index (χ0v) is 16.6. The number of rotatable bonds is 10. The largest absolute Gasteiger partial charge is 0.299 e. The van der Waals surface area contributed by atoms with Crippen molar-refractivity contribution in [1.82, 2.24) is 0 Å². The Hall–Kier alpha value is -0.330. The monoisotopic (exact) mass is 322 g/mol. The highest BCUT2D eigenvalue weighted by atomic mass is 16.1. The van der Waals surface area contributed by atoms with Gasteiger partial charge in [0.25, 0.3) is 0 Å². The van der Waals surface area contributed by atoms with Gasteiger partial charge in [-0.25, -0.2) is 0 Å². The molecule has 1 fully saturated rings. The van der Waals surface area contributed by atoms with E-state index in [1.165, 1.54) is 64.2 Å². The minimum Gasteiger partial charge on any atom is -0.299 e. The first-order valence-corrected chi connectivity index (χ1v) is 10.4. The SMILES string of the molecule is CCCCCCCCCC(=O)C(C)C1CCC(C(C)(C)C)CC1. The Labute approximate surface area is 146 Å². The molecule has 0 bridgehead atoms. The van der Waals surface area contributed by atoms with Crippen LogP contribution >= 0.6 is 0 Å². The van der Waals surface area contributed by atoms with Crippen molar-refractivity contribution in [3.8, 4) is 0 Å². The van der Waals surface area contributed by atoms with Crippen LogP contribution < -0.4 is 0 Å². The summed E-state index contributed by atoms with van der Waals surface area (Å²) in [5.74, 6) is 2.35. The lowest BCUT2D eigenvalue weighted by Gasteiger charge is -2.38. The molecule has 0 radical (unpaired) electrons. The molecule has 0 N–H and O–H groups in total. The van der Waals surface area contributed by atoms with Crippen molar-refractivity contribution in [2.24, 2.45) is 23.2 Å². The third kappa shape index (κ3) is 7.86. The van der Waals surface area contributed by atoms with Crippen LogP contribution in [0.15, 0.2) is 0 Å². The molecule has 0 aromatic rings. The van der Waals surface area contributed by atoms with E-state index >= 15 is 0 Å². The van der Waals surface area contributed by atoms with Gasteiger partial charge >= 0.3 is 0 Å². The third-order valence-corrected chi connectivity index (χ3v) is 6.24. The van der Waals surface area contributed by atoms with Gasteiger partial charge in [-0.3, -0.25) is 4.79 Å². The Morgan fingerprint density at radius 2 is 1.43 bits per heavy atom. The summed E-state index contributed by atoms with van der Waals surface area (Å²) < 4.78 is 0. The predicted octanol–water partition coefficient (Wildman–Crippen LogP) is 7.18. The lowest BCUT2D eigenvalue weighted by Crippen LogP contribution is -2.30. The number of carbonyl (C=O) groups is 1. The molecule has 136 valence electrons. The first-order chi connectivity index (χ1) is 10.9. The van der Waals surface area contributed by atoms with Crippen LogP contribution in [0, 0.1) is 23.2 Å². The summed E-state index contributed by atoms with van der Waals surface area (Å²) in [6.45, 7) is 11.6. The zero-order valence-electron chi connectivity index (χ0n) is 16.6. The molecule has 1 atom stereocenters. The summed E-state index contributed by atoms with van der Waals surface area (Å²) in [6.07, 6.45) is 15.1. The quantitative estimate of drug-likeness (QED) is 0.389. The highest BCUT2D eigenvalue weighted by Gasteiger charge is 2.33. The Morgan fingerprint density at radius 1 is 0.913 bits per heavy atom. The molecule has 0 saturated heterocycles. The van der Waals surface area contributed by atoms with Gasteiger partial charge in [0.1, 0.15) is 5.78 Å². The van der Waals surface area contributed by atoms with E-state index in [0.717, 1.165) is 18.8 Å². The summed E-state index contributed by atoms with van der Waals surface area (Å²) in [5.41, 5.74) is 0.440. The molecule has 0 heterocycles. The van der Waals surface area contributed by atoms with Gasteiger partial charge in [-0.15, -0.1) is 0 Å². The summed E-state index contributed by atoms with van der Waals surface area (Å²) in [5, 5.41) is 0. The number of carbonyl (C=O) groups excluding carboxylic acids is 1. The van der Waals surface area contributed by atoms with E-state index in [1.54, 1.807) is 0 Å². The number of hydrogen-bond donors (Lipinski definition) is 0. The van der Waals surface area contributed by atoms with Gasteiger partial charge < -0.3 is 0 Å². The Morgan fingerprint density at radius 3 is 1.96 bits per heavy atom. The van der Waals surface area contributed by atoms with Gasteiger partial charge in [0.2, 0.25) is 0 Å². The van der Waals surface area contributed by atoms with Crippen LogP contribution in [0.2, 0.25) is 0 Å².